The summed E-state index contributed by atoms with van der Waals surface area (Å²) < 4.78 is 1.63. The van der Waals surface area contributed by atoms with Crippen molar-refractivity contribution in [3.63, 3.8) is 0 Å². The molecule has 3 aromatic heterocycles. The third kappa shape index (κ3) is 1.01. The Bertz CT molecular complexity index is 765. The fourth-order valence-corrected chi connectivity index (χ4v) is 1.60. The molecule has 74 valence electrons. The van der Waals surface area contributed by atoms with Crippen molar-refractivity contribution < 1.29 is 0 Å². The standard InChI is InChI=1S/C9H6N4O2/c14-8-6-7(11-9(15)12-8)10-5-3-1-2-4-13(5)6/h1-4H,(H2,11,12,14,15). The predicted molar refractivity (Wildman–Crippen MR) is 53.9 cm³/mol. The minimum atomic E-state index is -0.545. The van der Waals surface area contributed by atoms with Crippen molar-refractivity contribution in [2.45, 2.75) is 0 Å². The van der Waals surface area contributed by atoms with Crippen molar-refractivity contribution in [2.24, 2.45) is 0 Å². The molecule has 0 aliphatic heterocycles. The summed E-state index contributed by atoms with van der Waals surface area (Å²) in [6, 6.07) is 5.37. The van der Waals surface area contributed by atoms with E-state index in [0.717, 1.165) is 0 Å². The van der Waals surface area contributed by atoms with E-state index in [1.165, 1.54) is 0 Å². The summed E-state index contributed by atoms with van der Waals surface area (Å²) in [4.78, 5) is 31.3. The second-order valence-electron chi connectivity index (χ2n) is 3.15. The van der Waals surface area contributed by atoms with Crippen LogP contribution >= 0.6 is 0 Å². The molecule has 0 amide bonds. The number of hydrogen-bond donors (Lipinski definition) is 2. The van der Waals surface area contributed by atoms with Crippen LogP contribution in [0.15, 0.2) is 34.0 Å². The number of nitrogens with one attached hydrogen (secondary N) is 2. The third-order valence-electron chi connectivity index (χ3n) is 2.20. The van der Waals surface area contributed by atoms with Gasteiger partial charge in [-0.3, -0.25) is 19.2 Å². The summed E-state index contributed by atoms with van der Waals surface area (Å²) in [7, 11) is 0. The van der Waals surface area contributed by atoms with Crippen molar-refractivity contribution in [3.05, 3.63) is 45.2 Å². The average molecular weight is 202 g/mol. The van der Waals surface area contributed by atoms with Gasteiger partial charge in [0.25, 0.3) is 5.56 Å². The van der Waals surface area contributed by atoms with Gasteiger partial charge in [-0.05, 0) is 12.1 Å². The van der Waals surface area contributed by atoms with Gasteiger partial charge in [-0.15, -0.1) is 0 Å². The van der Waals surface area contributed by atoms with Crippen molar-refractivity contribution in [1.29, 1.82) is 0 Å². The lowest BCUT2D eigenvalue weighted by Gasteiger charge is -1.91. The molecule has 3 rings (SSSR count). The molecule has 2 N–H and O–H groups in total. The second kappa shape index (κ2) is 2.57. The smallest absolute Gasteiger partial charge is 0.294 e. The van der Waals surface area contributed by atoms with Gasteiger partial charge < -0.3 is 0 Å². The van der Waals surface area contributed by atoms with Crippen molar-refractivity contribution in [1.82, 2.24) is 19.4 Å². The number of fused-ring (bicyclic) bond motifs is 3. The molecule has 6 heteroatoms. The van der Waals surface area contributed by atoms with E-state index in [0.29, 0.717) is 16.8 Å². The number of hydrogen-bond acceptors (Lipinski definition) is 3. The zero-order valence-electron chi connectivity index (χ0n) is 7.52. The number of rotatable bonds is 0. The average Bonchev–Trinajstić information content (AvgIpc) is 2.54. The maximum atomic E-state index is 11.5. The zero-order chi connectivity index (χ0) is 10.4. The van der Waals surface area contributed by atoms with Crippen molar-refractivity contribution in [3.8, 4) is 0 Å². The summed E-state index contributed by atoms with van der Waals surface area (Å²) >= 11 is 0. The Kier molecular flexibility index (Phi) is 1.37. The van der Waals surface area contributed by atoms with Gasteiger partial charge in [0, 0.05) is 6.20 Å². The Morgan fingerprint density at radius 2 is 2.07 bits per heavy atom. The van der Waals surface area contributed by atoms with Crippen LogP contribution in [0.25, 0.3) is 16.8 Å². The van der Waals surface area contributed by atoms with Crippen LogP contribution in [0.3, 0.4) is 0 Å². The highest BCUT2D eigenvalue weighted by atomic mass is 16.2. The van der Waals surface area contributed by atoms with Crippen LogP contribution in [-0.4, -0.2) is 19.4 Å². The molecule has 0 saturated heterocycles. The lowest BCUT2D eigenvalue weighted by Crippen LogP contribution is -2.22. The van der Waals surface area contributed by atoms with E-state index in [-0.39, 0.29) is 0 Å². The van der Waals surface area contributed by atoms with Crippen LogP contribution in [0, 0.1) is 0 Å². The first-order valence-corrected chi connectivity index (χ1v) is 4.35. The van der Waals surface area contributed by atoms with Crippen LogP contribution in [0.2, 0.25) is 0 Å². The lowest BCUT2D eigenvalue weighted by molar-refractivity contribution is 1.06. The van der Waals surface area contributed by atoms with E-state index in [4.69, 9.17) is 0 Å². The summed E-state index contributed by atoms with van der Waals surface area (Å²) in [6.07, 6.45) is 1.72. The molecular formula is C9H6N4O2. The van der Waals surface area contributed by atoms with Gasteiger partial charge in [-0.1, -0.05) is 6.07 Å². The number of aromatic nitrogens is 4. The number of pyridine rings is 1. The number of H-pyrrole nitrogens is 2. The van der Waals surface area contributed by atoms with Crippen molar-refractivity contribution in [2.75, 3.05) is 0 Å². The summed E-state index contributed by atoms with van der Waals surface area (Å²) in [5.74, 6) is 0. The first-order valence-electron chi connectivity index (χ1n) is 4.35. The fourth-order valence-electron chi connectivity index (χ4n) is 1.60. The van der Waals surface area contributed by atoms with E-state index in [9.17, 15) is 9.59 Å². The number of nitrogens with zero attached hydrogens (tertiary/aromatic N) is 2. The highest BCUT2D eigenvalue weighted by molar-refractivity contribution is 5.75. The van der Waals surface area contributed by atoms with E-state index >= 15 is 0 Å². The van der Waals surface area contributed by atoms with Gasteiger partial charge in [-0.25, -0.2) is 9.78 Å². The van der Waals surface area contributed by atoms with Crippen LogP contribution in [0.1, 0.15) is 0 Å². The topological polar surface area (TPSA) is 83.0 Å². The van der Waals surface area contributed by atoms with Gasteiger partial charge >= 0.3 is 5.69 Å². The SMILES string of the molecule is O=c1[nH]c(=O)c2c(nc3ccccn32)[nH]1. The Morgan fingerprint density at radius 1 is 1.20 bits per heavy atom. The molecular weight excluding hydrogens is 196 g/mol. The molecule has 0 atom stereocenters. The third-order valence-corrected chi connectivity index (χ3v) is 2.20. The van der Waals surface area contributed by atoms with Gasteiger partial charge in [0.2, 0.25) is 0 Å². The first-order chi connectivity index (χ1) is 7.25. The maximum Gasteiger partial charge on any atom is 0.327 e. The molecule has 0 fully saturated rings. The molecule has 0 radical (unpaired) electrons. The van der Waals surface area contributed by atoms with Crippen LogP contribution in [0.4, 0.5) is 0 Å². The van der Waals surface area contributed by atoms with Gasteiger partial charge in [0.05, 0.1) is 0 Å². The predicted octanol–water partition coefficient (Wildman–Crippen LogP) is -0.136. The van der Waals surface area contributed by atoms with E-state index < -0.39 is 11.2 Å². The zero-order valence-corrected chi connectivity index (χ0v) is 7.52. The van der Waals surface area contributed by atoms with Crippen LogP contribution in [0.5, 0.6) is 0 Å². The Hall–Kier alpha value is -2.37. The van der Waals surface area contributed by atoms with E-state index in [2.05, 4.69) is 15.0 Å². The highest BCUT2D eigenvalue weighted by Gasteiger charge is 2.07. The number of aromatic amines is 2. The molecule has 0 aliphatic carbocycles. The summed E-state index contributed by atoms with van der Waals surface area (Å²) in [5.41, 5.74) is 0.295. The maximum absolute atomic E-state index is 11.5. The van der Waals surface area contributed by atoms with Crippen LogP contribution < -0.4 is 11.2 Å². The second-order valence-corrected chi connectivity index (χ2v) is 3.15. The monoisotopic (exact) mass is 202 g/mol. The molecule has 0 saturated carbocycles. The van der Waals surface area contributed by atoms with Crippen LogP contribution in [-0.2, 0) is 0 Å². The highest BCUT2D eigenvalue weighted by Crippen LogP contribution is 2.08. The van der Waals surface area contributed by atoms with Gasteiger partial charge in [0.15, 0.2) is 11.2 Å². The normalized spacial score (nSPS) is 11.2. The molecule has 3 heterocycles. The summed E-state index contributed by atoms with van der Waals surface area (Å²) in [6.45, 7) is 0. The molecule has 0 bridgehead atoms. The first kappa shape index (κ1) is 7.98. The molecule has 0 aromatic carbocycles. The lowest BCUT2D eigenvalue weighted by atomic mass is 10.5. The quantitative estimate of drug-likeness (QED) is 0.532. The van der Waals surface area contributed by atoms with Gasteiger partial charge in [-0.2, -0.15) is 0 Å². The minimum Gasteiger partial charge on any atom is -0.294 e. The largest absolute Gasteiger partial charge is 0.327 e. The van der Waals surface area contributed by atoms with Gasteiger partial charge in [0.1, 0.15) is 5.65 Å². The van der Waals surface area contributed by atoms with Crippen molar-refractivity contribution >= 4 is 16.8 Å². The Balaban J connectivity index is 2.73. The van der Waals surface area contributed by atoms with E-state index in [1.54, 1.807) is 22.7 Å². The molecule has 15 heavy (non-hydrogen) atoms. The van der Waals surface area contributed by atoms with E-state index in [1.807, 2.05) is 6.07 Å². The Labute approximate surface area is 82.2 Å². The molecule has 0 spiro atoms. The molecule has 0 unspecified atom stereocenters. The number of imidazole rings is 1. The molecule has 3 aromatic rings. The Morgan fingerprint density at radius 3 is 2.93 bits per heavy atom. The molecule has 0 aliphatic rings. The fraction of sp³-hybridized carbons (Fsp3) is 0. The minimum absolute atomic E-state index is 0.301. The molecule has 6 nitrogen and oxygen atoms in total. The summed E-state index contributed by atoms with van der Waals surface area (Å²) in [5, 5.41) is 0.